The van der Waals surface area contributed by atoms with Crippen LogP contribution < -0.4 is 5.56 Å². The first-order valence-electron chi connectivity index (χ1n) is 12.1. The van der Waals surface area contributed by atoms with Crippen molar-refractivity contribution in [3.63, 3.8) is 0 Å². The van der Waals surface area contributed by atoms with Gasteiger partial charge < -0.3 is 4.98 Å². The van der Waals surface area contributed by atoms with E-state index in [1.807, 2.05) is 48.5 Å². The molecule has 38 heavy (non-hydrogen) atoms. The molecule has 0 atom stereocenters. The van der Waals surface area contributed by atoms with Gasteiger partial charge in [0.25, 0.3) is 5.56 Å². The SMILES string of the molecule is Cc1ccc(-n2c(Cc3cccs3)nnc2Sc2c(-c3ccccc3)c3cc(Cl)ccc3[nH]c2=O)c(C)c1. The summed E-state index contributed by atoms with van der Waals surface area (Å²) in [6, 6.07) is 25.9. The molecule has 0 saturated carbocycles. The molecule has 3 aromatic carbocycles. The van der Waals surface area contributed by atoms with Crippen LogP contribution in [-0.4, -0.2) is 19.7 Å². The van der Waals surface area contributed by atoms with E-state index in [0.29, 0.717) is 21.5 Å². The van der Waals surface area contributed by atoms with Crippen LogP contribution in [0.15, 0.2) is 99.1 Å². The van der Waals surface area contributed by atoms with Crippen LogP contribution in [0.2, 0.25) is 5.02 Å². The van der Waals surface area contributed by atoms with Crippen molar-refractivity contribution in [2.75, 3.05) is 0 Å². The van der Waals surface area contributed by atoms with Crippen molar-refractivity contribution >= 4 is 45.6 Å². The number of hydrogen-bond donors (Lipinski definition) is 1. The van der Waals surface area contributed by atoms with E-state index < -0.39 is 0 Å². The lowest BCUT2D eigenvalue weighted by Gasteiger charge is -2.15. The third-order valence-corrected chi connectivity index (χ3v) is 8.55. The van der Waals surface area contributed by atoms with Crippen LogP contribution in [0.25, 0.3) is 27.7 Å². The minimum absolute atomic E-state index is 0.182. The molecule has 0 aliphatic carbocycles. The van der Waals surface area contributed by atoms with E-state index >= 15 is 0 Å². The largest absolute Gasteiger partial charge is 0.321 e. The second-order valence-corrected chi connectivity index (χ2v) is 11.5. The molecule has 6 rings (SSSR count). The predicted octanol–water partition coefficient (Wildman–Crippen LogP) is 7.85. The molecule has 0 spiro atoms. The fraction of sp³-hybridized carbons (Fsp3) is 0.100. The Hall–Kier alpha value is -3.65. The van der Waals surface area contributed by atoms with Crippen molar-refractivity contribution in [1.29, 1.82) is 0 Å². The molecule has 0 radical (unpaired) electrons. The predicted molar refractivity (Wildman–Crippen MR) is 157 cm³/mol. The highest BCUT2D eigenvalue weighted by Crippen LogP contribution is 2.39. The lowest BCUT2D eigenvalue weighted by atomic mass is 10.0. The van der Waals surface area contributed by atoms with Crippen LogP contribution in [-0.2, 0) is 6.42 Å². The van der Waals surface area contributed by atoms with Crippen molar-refractivity contribution in [2.24, 2.45) is 0 Å². The number of hydrogen-bond acceptors (Lipinski definition) is 5. The standard InChI is InChI=1S/C30H23ClN4OS2/c1-18-10-13-25(19(2)15-18)35-26(17-22-9-6-14-37-22)33-34-30(35)38-28-27(20-7-4-3-5-8-20)23-16-21(31)11-12-24(23)32-29(28)36/h3-16H,17H2,1-2H3,(H,32,36). The first-order chi connectivity index (χ1) is 18.5. The number of rotatable bonds is 6. The Morgan fingerprint density at radius 3 is 2.58 bits per heavy atom. The Kier molecular flexibility index (Phi) is 6.66. The topological polar surface area (TPSA) is 63.6 Å². The lowest BCUT2D eigenvalue weighted by molar-refractivity contribution is 0.844. The molecule has 1 N–H and O–H groups in total. The molecule has 0 aliphatic rings. The number of halogens is 1. The Morgan fingerprint density at radius 1 is 0.974 bits per heavy atom. The molecular weight excluding hydrogens is 532 g/mol. The fourth-order valence-electron chi connectivity index (χ4n) is 4.68. The normalized spacial score (nSPS) is 11.3. The van der Waals surface area contributed by atoms with Gasteiger partial charge in [0.1, 0.15) is 5.82 Å². The first-order valence-corrected chi connectivity index (χ1v) is 14.2. The number of H-pyrrole nitrogens is 1. The van der Waals surface area contributed by atoms with Gasteiger partial charge in [0, 0.05) is 32.8 Å². The number of fused-ring (bicyclic) bond motifs is 1. The quantitative estimate of drug-likeness (QED) is 0.228. The van der Waals surface area contributed by atoms with Crippen LogP contribution in [0, 0.1) is 13.8 Å². The summed E-state index contributed by atoms with van der Waals surface area (Å²) in [5, 5.41) is 13.4. The van der Waals surface area contributed by atoms with Gasteiger partial charge >= 0.3 is 0 Å². The van der Waals surface area contributed by atoms with Gasteiger partial charge in [-0.25, -0.2) is 0 Å². The van der Waals surface area contributed by atoms with E-state index in [4.69, 9.17) is 11.6 Å². The molecule has 0 unspecified atom stereocenters. The van der Waals surface area contributed by atoms with Crippen molar-refractivity contribution in [2.45, 2.75) is 30.3 Å². The number of nitrogens with zero attached hydrogens (tertiary/aromatic N) is 3. The monoisotopic (exact) mass is 554 g/mol. The van der Waals surface area contributed by atoms with Crippen molar-refractivity contribution in [1.82, 2.24) is 19.7 Å². The van der Waals surface area contributed by atoms with Crippen LogP contribution in [0.5, 0.6) is 0 Å². The van der Waals surface area contributed by atoms with Gasteiger partial charge in [0.05, 0.1) is 10.6 Å². The Labute approximate surface area is 233 Å². The molecule has 0 aliphatic heterocycles. The second kappa shape index (κ2) is 10.3. The zero-order valence-corrected chi connectivity index (χ0v) is 23.1. The highest BCUT2D eigenvalue weighted by molar-refractivity contribution is 7.99. The molecule has 3 aromatic heterocycles. The highest BCUT2D eigenvalue weighted by Gasteiger charge is 2.22. The van der Waals surface area contributed by atoms with E-state index in [1.165, 1.54) is 22.2 Å². The number of aromatic nitrogens is 4. The number of pyridine rings is 1. The summed E-state index contributed by atoms with van der Waals surface area (Å²) in [5.74, 6) is 0.823. The summed E-state index contributed by atoms with van der Waals surface area (Å²) in [6.45, 7) is 4.17. The zero-order valence-electron chi connectivity index (χ0n) is 20.7. The summed E-state index contributed by atoms with van der Waals surface area (Å²) >= 11 is 9.43. The van der Waals surface area contributed by atoms with Gasteiger partial charge in [0.15, 0.2) is 0 Å². The van der Waals surface area contributed by atoms with Crippen LogP contribution in [0.3, 0.4) is 0 Å². The van der Waals surface area contributed by atoms with Crippen LogP contribution in [0.4, 0.5) is 0 Å². The minimum Gasteiger partial charge on any atom is -0.321 e. The molecule has 0 fully saturated rings. The average molecular weight is 555 g/mol. The number of nitrogens with one attached hydrogen (secondary N) is 1. The summed E-state index contributed by atoms with van der Waals surface area (Å²) < 4.78 is 2.08. The van der Waals surface area contributed by atoms with Gasteiger partial charge in [-0.1, -0.05) is 65.7 Å². The van der Waals surface area contributed by atoms with Crippen molar-refractivity contribution in [3.05, 3.63) is 121 Å². The van der Waals surface area contributed by atoms with E-state index in [-0.39, 0.29) is 5.56 Å². The lowest BCUT2D eigenvalue weighted by Crippen LogP contribution is -2.12. The average Bonchev–Trinajstić information content (AvgIpc) is 3.56. The Bertz CT molecular complexity index is 1830. The number of benzene rings is 3. The molecule has 0 bridgehead atoms. The van der Waals surface area contributed by atoms with Crippen LogP contribution in [0.1, 0.15) is 21.8 Å². The number of aromatic amines is 1. The maximum atomic E-state index is 13.6. The third kappa shape index (κ3) is 4.69. The minimum atomic E-state index is -0.182. The van der Waals surface area contributed by atoms with E-state index in [9.17, 15) is 4.79 Å². The van der Waals surface area contributed by atoms with Crippen molar-refractivity contribution < 1.29 is 0 Å². The zero-order chi connectivity index (χ0) is 26.2. The smallest absolute Gasteiger partial charge is 0.263 e. The van der Waals surface area contributed by atoms with E-state index in [2.05, 4.69) is 63.2 Å². The number of aryl methyl sites for hydroxylation is 2. The van der Waals surface area contributed by atoms with E-state index in [1.54, 1.807) is 17.4 Å². The molecule has 0 saturated heterocycles. The van der Waals surface area contributed by atoms with Crippen LogP contribution >= 0.6 is 34.7 Å². The molecule has 8 heteroatoms. The van der Waals surface area contributed by atoms with Crippen molar-refractivity contribution in [3.8, 4) is 16.8 Å². The van der Waals surface area contributed by atoms with Gasteiger partial charge in [-0.3, -0.25) is 9.36 Å². The molecule has 3 heterocycles. The Morgan fingerprint density at radius 2 is 1.82 bits per heavy atom. The van der Waals surface area contributed by atoms with Gasteiger partial charge in [0.2, 0.25) is 5.16 Å². The molecular formula is C30H23ClN4OS2. The third-order valence-electron chi connectivity index (χ3n) is 6.39. The summed E-state index contributed by atoms with van der Waals surface area (Å²) in [5.41, 5.74) is 5.60. The van der Waals surface area contributed by atoms with Gasteiger partial charge in [-0.2, -0.15) is 0 Å². The summed E-state index contributed by atoms with van der Waals surface area (Å²) in [4.78, 5) is 18.4. The first kappa shape index (κ1) is 24.7. The van der Waals surface area contributed by atoms with E-state index in [0.717, 1.165) is 39.1 Å². The highest BCUT2D eigenvalue weighted by atomic mass is 35.5. The molecule has 188 valence electrons. The second-order valence-electron chi connectivity index (χ2n) is 9.10. The molecule has 0 amide bonds. The molecule has 5 nitrogen and oxygen atoms in total. The Balaban J connectivity index is 1.57. The summed E-state index contributed by atoms with van der Waals surface area (Å²) in [7, 11) is 0. The molecule has 6 aromatic rings. The summed E-state index contributed by atoms with van der Waals surface area (Å²) in [6.07, 6.45) is 0.647. The maximum Gasteiger partial charge on any atom is 0.263 e. The number of thiophene rings is 1. The maximum absolute atomic E-state index is 13.6. The van der Waals surface area contributed by atoms with Gasteiger partial charge in [-0.05, 0) is 72.4 Å². The van der Waals surface area contributed by atoms with Gasteiger partial charge in [-0.15, -0.1) is 21.5 Å². The fourth-order valence-corrected chi connectivity index (χ4v) is 6.58.